The highest BCUT2D eigenvalue weighted by Gasteiger charge is 2.19. The molecule has 1 amide bonds. The summed E-state index contributed by atoms with van der Waals surface area (Å²) < 4.78 is 30.8. The van der Waals surface area contributed by atoms with Gasteiger partial charge in [0.15, 0.2) is 0 Å². The van der Waals surface area contributed by atoms with Crippen LogP contribution in [0.4, 0.5) is 5.69 Å². The quantitative estimate of drug-likeness (QED) is 0.320. The fraction of sp³-hybridized carbons (Fsp3) is 0.273. The molecule has 0 spiro atoms. The number of nitrogens with two attached hydrogens (primary N) is 1. The number of rotatable bonds is 6. The molecule has 1 atom stereocenters. The molecule has 116 valence electrons. The normalized spacial score (nSPS) is 12.7. The second-order valence-electron chi connectivity index (χ2n) is 4.16. The topological polar surface area (TPSA) is 158 Å². The highest BCUT2D eigenvalue weighted by Crippen LogP contribution is 2.19. The minimum atomic E-state index is -4.47. The molecule has 0 bridgehead atoms. The number of benzene rings is 1. The fourth-order valence-electron chi connectivity index (χ4n) is 1.43. The van der Waals surface area contributed by atoms with Crippen LogP contribution in [0.3, 0.4) is 0 Å². The van der Waals surface area contributed by atoms with Crippen molar-refractivity contribution in [3.05, 3.63) is 24.3 Å². The maximum absolute atomic E-state index is 11.6. The van der Waals surface area contributed by atoms with Gasteiger partial charge < -0.3 is 10.8 Å². The number of carboxylic acids is 1. The van der Waals surface area contributed by atoms with E-state index in [1.807, 2.05) is 0 Å². The van der Waals surface area contributed by atoms with Crippen LogP contribution in [0.25, 0.3) is 0 Å². The summed E-state index contributed by atoms with van der Waals surface area (Å²) in [5, 5.41) is 18.4. The third-order valence-corrected chi connectivity index (χ3v) is 3.43. The van der Waals surface area contributed by atoms with Crippen molar-refractivity contribution in [1.29, 1.82) is 0 Å². The average Bonchev–Trinajstić information content (AvgIpc) is 2.42. The van der Waals surface area contributed by atoms with Gasteiger partial charge in [0.25, 0.3) is 16.0 Å². The van der Waals surface area contributed by atoms with Gasteiger partial charge in [-0.25, -0.2) is 0 Å². The molecule has 0 saturated carbocycles. The van der Waals surface area contributed by atoms with E-state index in [1.165, 1.54) is 12.1 Å². The third-order valence-electron chi connectivity index (χ3n) is 2.58. The Labute approximate surface area is 120 Å². The Hall–Kier alpha value is -2.01. The number of hydrogen-bond acceptors (Lipinski definition) is 6. The molecule has 1 rings (SSSR count). The molecule has 5 N–H and O–H groups in total. The zero-order chi connectivity index (χ0) is 16.2. The lowest BCUT2D eigenvalue weighted by Gasteiger charge is -2.16. The van der Waals surface area contributed by atoms with Crippen molar-refractivity contribution in [2.24, 2.45) is 5.73 Å². The lowest BCUT2D eigenvalue weighted by Crippen LogP contribution is -2.33. The van der Waals surface area contributed by atoms with E-state index in [-0.39, 0.29) is 23.6 Å². The third kappa shape index (κ3) is 4.79. The number of aliphatic carboxylic acids is 1. The zero-order valence-electron chi connectivity index (χ0n) is 10.7. The highest BCUT2D eigenvalue weighted by atomic mass is 32.2. The van der Waals surface area contributed by atoms with E-state index in [0.29, 0.717) is 0 Å². The van der Waals surface area contributed by atoms with Crippen LogP contribution in [0, 0.1) is 0 Å². The summed E-state index contributed by atoms with van der Waals surface area (Å²) >= 11 is 0. The second-order valence-corrected chi connectivity index (χ2v) is 5.58. The first kappa shape index (κ1) is 17.0. The first-order chi connectivity index (χ1) is 9.62. The van der Waals surface area contributed by atoms with Crippen LogP contribution >= 0.6 is 0 Å². The van der Waals surface area contributed by atoms with Crippen LogP contribution in [-0.4, -0.2) is 41.2 Å². The van der Waals surface area contributed by atoms with Crippen molar-refractivity contribution in [3.63, 3.8) is 0 Å². The van der Waals surface area contributed by atoms with Gasteiger partial charge in [-0.1, -0.05) is 6.07 Å². The minimum Gasteiger partial charge on any atom is -0.480 e. The SMILES string of the molecule is N[C@@H](CCC(=O)N(O)c1cccc(S(=O)(=O)O)c1)C(=O)O. The Balaban J connectivity index is 2.81. The largest absolute Gasteiger partial charge is 0.480 e. The lowest BCUT2D eigenvalue weighted by molar-refractivity contribution is -0.138. The molecule has 0 unspecified atom stereocenters. The fourth-order valence-corrected chi connectivity index (χ4v) is 1.95. The molecule has 21 heavy (non-hydrogen) atoms. The Kier molecular flexibility index (Phi) is 5.38. The predicted molar refractivity (Wildman–Crippen MR) is 70.4 cm³/mol. The van der Waals surface area contributed by atoms with E-state index in [9.17, 15) is 23.2 Å². The maximum atomic E-state index is 11.6. The van der Waals surface area contributed by atoms with Gasteiger partial charge in [-0.05, 0) is 24.6 Å². The molecule has 9 nitrogen and oxygen atoms in total. The van der Waals surface area contributed by atoms with Crippen molar-refractivity contribution < 1.29 is 32.9 Å². The molecule has 10 heteroatoms. The lowest BCUT2D eigenvalue weighted by atomic mass is 10.1. The maximum Gasteiger partial charge on any atom is 0.320 e. The van der Waals surface area contributed by atoms with Crippen LogP contribution in [0.2, 0.25) is 0 Å². The van der Waals surface area contributed by atoms with Crippen LogP contribution in [0.1, 0.15) is 12.8 Å². The van der Waals surface area contributed by atoms with Crippen LogP contribution in [0.5, 0.6) is 0 Å². The number of carbonyl (C=O) groups excluding carboxylic acids is 1. The summed E-state index contributed by atoms with van der Waals surface area (Å²) in [6.07, 6.45) is -0.538. The van der Waals surface area contributed by atoms with Crippen molar-refractivity contribution in [3.8, 4) is 0 Å². The monoisotopic (exact) mass is 318 g/mol. The number of hydroxylamine groups is 1. The van der Waals surface area contributed by atoms with Gasteiger partial charge in [0.05, 0.1) is 10.6 Å². The van der Waals surface area contributed by atoms with Crippen molar-refractivity contribution >= 4 is 27.7 Å². The van der Waals surface area contributed by atoms with E-state index in [2.05, 4.69) is 0 Å². The van der Waals surface area contributed by atoms with Crippen LogP contribution in [-0.2, 0) is 19.7 Å². The molecule has 0 aromatic heterocycles. The van der Waals surface area contributed by atoms with E-state index >= 15 is 0 Å². The predicted octanol–water partition coefficient (Wildman–Crippen LogP) is -0.152. The molecule has 0 aliphatic rings. The molecular weight excluding hydrogens is 304 g/mol. The number of nitrogens with zero attached hydrogens (tertiary/aromatic N) is 1. The van der Waals surface area contributed by atoms with E-state index in [0.717, 1.165) is 12.1 Å². The molecule has 1 aromatic carbocycles. The summed E-state index contributed by atoms with van der Waals surface area (Å²) in [7, 11) is -4.47. The molecular formula is C11H14N2O7S. The molecule has 0 fully saturated rings. The second kappa shape index (κ2) is 6.63. The molecule has 0 radical (unpaired) electrons. The van der Waals surface area contributed by atoms with Crippen molar-refractivity contribution in [1.82, 2.24) is 0 Å². The van der Waals surface area contributed by atoms with Crippen LogP contribution < -0.4 is 10.8 Å². The zero-order valence-corrected chi connectivity index (χ0v) is 11.5. The standard InChI is InChI=1S/C11H14N2O7S/c12-9(11(15)16)4-5-10(14)13(17)7-2-1-3-8(6-7)21(18,19)20/h1-3,6,9,17H,4-5,12H2,(H,15,16)(H,18,19,20)/t9-/m0/s1. The molecule has 0 heterocycles. The number of anilines is 1. The molecule has 1 aromatic rings. The number of carbonyl (C=O) groups is 2. The summed E-state index contributed by atoms with van der Waals surface area (Å²) in [6.45, 7) is 0. The minimum absolute atomic E-state index is 0.170. The Bertz CT molecular complexity index is 644. The highest BCUT2D eigenvalue weighted by molar-refractivity contribution is 7.85. The first-order valence-electron chi connectivity index (χ1n) is 5.70. The Morgan fingerprint density at radius 1 is 1.33 bits per heavy atom. The van der Waals surface area contributed by atoms with Crippen molar-refractivity contribution in [2.75, 3.05) is 5.06 Å². The van der Waals surface area contributed by atoms with E-state index in [1.54, 1.807) is 0 Å². The Morgan fingerprint density at radius 2 is 1.95 bits per heavy atom. The summed E-state index contributed by atoms with van der Waals surface area (Å²) in [6, 6.07) is 3.19. The van der Waals surface area contributed by atoms with Gasteiger partial charge in [0.2, 0.25) is 0 Å². The van der Waals surface area contributed by atoms with Gasteiger partial charge in [-0.2, -0.15) is 13.5 Å². The van der Waals surface area contributed by atoms with Gasteiger partial charge in [-0.3, -0.25) is 19.3 Å². The Morgan fingerprint density at radius 3 is 2.48 bits per heavy atom. The molecule has 0 aliphatic heterocycles. The van der Waals surface area contributed by atoms with Crippen molar-refractivity contribution in [2.45, 2.75) is 23.8 Å². The van der Waals surface area contributed by atoms with Gasteiger partial charge >= 0.3 is 5.97 Å². The number of carboxylic acid groups (broad SMARTS) is 1. The van der Waals surface area contributed by atoms with Gasteiger partial charge in [0, 0.05) is 6.42 Å². The van der Waals surface area contributed by atoms with E-state index < -0.39 is 32.9 Å². The van der Waals surface area contributed by atoms with E-state index in [4.69, 9.17) is 15.4 Å². The smallest absolute Gasteiger partial charge is 0.320 e. The summed E-state index contributed by atoms with van der Waals surface area (Å²) in [5.41, 5.74) is 5.04. The van der Waals surface area contributed by atoms with Gasteiger partial charge in [0.1, 0.15) is 6.04 Å². The first-order valence-corrected chi connectivity index (χ1v) is 7.14. The molecule has 0 aliphatic carbocycles. The number of hydrogen-bond donors (Lipinski definition) is 4. The summed E-state index contributed by atoms with van der Waals surface area (Å²) in [4.78, 5) is 21.7. The molecule has 0 saturated heterocycles. The summed E-state index contributed by atoms with van der Waals surface area (Å²) in [5.74, 6) is -2.14. The van der Waals surface area contributed by atoms with Gasteiger partial charge in [-0.15, -0.1) is 0 Å². The van der Waals surface area contributed by atoms with Crippen LogP contribution in [0.15, 0.2) is 29.2 Å². The average molecular weight is 318 g/mol. The number of amides is 1.